The summed E-state index contributed by atoms with van der Waals surface area (Å²) in [5, 5.41) is 35.7. The van der Waals surface area contributed by atoms with Gasteiger partial charge in [-0.2, -0.15) is 0 Å². The molecule has 0 saturated heterocycles. The molecule has 2 fully saturated rings. The molecule has 0 aliphatic heterocycles. The minimum Gasteiger partial charge on any atom is -0.393 e. The van der Waals surface area contributed by atoms with E-state index in [1.54, 1.807) is 0 Å². The number of aliphatic hydroxyl groups excluding tert-OH is 2. The Morgan fingerprint density at radius 3 is 1.31 bits per heavy atom. The highest BCUT2D eigenvalue weighted by Gasteiger charge is 2.24. The molecule has 2 aliphatic carbocycles. The molecule has 0 unspecified atom stereocenters. The van der Waals surface area contributed by atoms with Gasteiger partial charge in [0, 0.05) is 12.8 Å². The van der Waals surface area contributed by atoms with Crippen molar-refractivity contribution in [1.82, 2.24) is 0 Å². The van der Waals surface area contributed by atoms with Crippen LogP contribution in [0.1, 0.15) is 57.8 Å². The smallest absolute Gasteiger partial charge is 0.162 e. The van der Waals surface area contributed by atoms with Crippen molar-refractivity contribution in [3.05, 3.63) is 0 Å². The summed E-state index contributed by atoms with van der Waals surface area (Å²) in [6, 6.07) is 0. The maximum atomic E-state index is 8.93. The van der Waals surface area contributed by atoms with Gasteiger partial charge < -0.3 is 20.4 Å². The van der Waals surface area contributed by atoms with E-state index in [0.29, 0.717) is 12.8 Å². The minimum atomic E-state index is -1.32. The van der Waals surface area contributed by atoms with Crippen LogP contribution in [0.3, 0.4) is 0 Å². The molecule has 0 aromatic heterocycles. The van der Waals surface area contributed by atoms with Crippen molar-refractivity contribution < 1.29 is 20.4 Å². The molecule has 0 bridgehead atoms. The Morgan fingerprint density at radius 1 is 0.688 bits per heavy atom. The van der Waals surface area contributed by atoms with Gasteiger partial charge in [-0.3, -0.25) is 0 Å². The largest absolute Gasteiger partial charge is 0.393 e. The first-order valence-corrected chi connectivity index (χ1v) is 6.30. The fourth-order valence-corrected chi connectivity index (χ4v) is 2.18. The molecule has 0 atom stereocenters. The zero-order valence-electron chi connectivity index (χ0n) is 9.81. The number of rotatable bonds is 0. The maximum absolute atomic E-state index is 8.93. The van der Waals surface area contributed by atoms with Crippen LogP contribution in [-0.4, -0.2) is 38.4 Å². The Morgan fingerprint density at radius 2 is 1.06 bits per heavy atom. The summed E-state index contributed by atoms with van der Waals surface area (Å²) in [5.74, 6) is -1.32. The predicted molar refractivity (Wildman–Crippen MR) is 60.7 cm³/mol. The van der Waals surface area contributed by atoms with Gasteiger partial charge in [0.15, 0.2) is 5.79 Å². The molecule has 0 spiro atoms. The van der Waals surface area contributed by atoms with Crippen LogP contribution in [0.15, 0.2) is 0 Å². The lowest BCUT2D eigenvalue weighted by molar-refractivity contribution is -0.180. The minimum absolute atomic E-state index is 0.140. The maximum Gasteiger partial charge on any atom is 0.162 e. The van der Waals surface area contributed by atoms with Gasteiger partial charge in [0.2, 0.25) is 0 Å². The van der Waals surface area contributed by atoms with Gasteiger partial charge in [0.25, 0.3) is 0 Å². The average Bonchev–Trinajstić information content (AvgIpc) is 2.23. The molecule has 2 aliphatic rings. The Bertz CT molecular complexity index is 167. The molecular weight excluding hydrogens is 208 g/mol. The van der Waals surface area contributed by atoms with Crippen molar-refractivity contribution in [2.24, 2.45) is 0 Å². The van der Waals surface area contributed by atoms with Crippen LogP contribution in [0.5, 0.6) is 0 Å². The van der Waals surface area contributed by atoms with Crippen LogP contribution in [0.25, 0.3) is 0 Å². The molecule has 0 aromatic rings. The summed E-state index contributed by atoms with van der Waals surface area (Å²) < 4.78 is 0. The second-order valence-electron chi connectivity index (χ2n) is 5.01. The van der Waals surface area contributed by atoms with Crippen molar-refractivity contribution in [3.63, 3.8) is 0 Å². The molecule has 4 nitrogen and oxygen atoms in total. The third-order valence-electron chi connectivity index (χ3n) is 3.32. The topological polar surface area (TPSA) is 80.9 Å². The third-order valence-corrected chi connectivity index (χ3v) is 3.32. The molecule has 4 heteroatoms. The standard InChI is InChI=1S/2C6H12O2/c7-5-1-2-6(8)4-3-5;7-6(8)4-2-1-3-5-6/h5-8H,1-4H2;7-8H,1-5H2. The molecule has 0 aromatic carbocycles. The quantitative estimate of drug-likeness (QED) is 0.468. The van der Waals surface area contributed by atoms with Crippen LogP contribution in [0, 0.1) is 0 Å². The van der Waals surface area contributed by atoms with Gasteiger partial charge in [0.05, 0.1) is 12.2 Å². The Hall–Kier alpha value is -0.160. The lowest BCUT2D eigenvalue weighted by Gasteiger charge is -2.25. The number of hydrogen-bond acceptors (Lipinski definition) is 4. The molecule has 0 radical (unpaired) electrons. The molecule has 96 valence electrons. The van der Waals surface area contributed by atoms with Crippen molar-refractivity contribution in [2.75, 3.05) is 0 Å². The van der Waals surface area contributed by atoms with Crippen LogP contribution in [-0.2, 0) is 0 Å². The van der Waals surface area contributed by atoms with Crippen molar-refractivity contribution >= 4 is 0 Å². The number of hydrogen-bond donors (Lipinski definition) is 4. The summed E-state index contributed by atoms with van der Waals surface area (Å²) >= 11 is 0. The van der Waals surface area contributed by atoms with E-state index in [-0.39, 0.29) is 12.2 Å². The van der Waals surface area contributed by atoms with E-state index < -0.39 is 5.79 Å². The van der Waals surface area contributed by atoms with E-state index in [9.17, 15) is 0 Å². The molecule has 0 amide bonds. The van der Waals surface area contributed by atoms with Gasteiger partial charge in [-0.1, -0.05) is 6.42 Å². The lowest BCUT2D eigenvalue weighted by Crippen LogP contribution is -2.30. The van der Waals surface area contributed by atoms with Crippen LogP contribution in [0.4, 0.5) is 0 Å². The van der Waals surface area contributed by atoms with Gasteiger partial charge in [-0.25, -0.2) is 0 Å². The van der Waals surface area contributed by atoms with Crippen molar-refractivity contribution in [2.45, 2.75) is 75.8 Å². The lowest BCUT2D eigenvalue weighted by atomic mass is 9.95. The second-order valence-corrected chi connectivity index (χ2v) is 5.01. The van der Waals surface area contributed by atoms with Gasteiger partial charge in [0.1, 0.15) is 0 Å². The fraction of sp³-hybridized carbons (Fsp3) is 1.00. The molecule has 2 rings (SSSR count). The van der Waals surface area contributed by atoms with Gasteiger partial charge in [-0.05, 0) is 38.5 Å². The van der Waals surface area contributed by atoms with E-state index in [0.717, 1.165) is 44.9 Å². The first-order chi connectivity index (χ1) is 7.49. The third kappa shape index (κ3) is 5.80. The van der Waals surface area contributed by atoms with Gasteiger partial charge >= 0.3 is 0 Å². The highest BCUT2D eigenvalue weighted by atomic mass is 16.5. The predicted octanol–water partition coefficient (Wildman–Crippen LogP) is 0.914. The van der Waals surface area contributed by atoms with E-state index in [4.69, 9.17) is 20.4 Å². The van der Waals surface area contributed by atoms with E-state index in [1.807, 2.05) is 0 Å². The zero-order valence-corrected chi connectivity index (χ0v) is 9.81. The van der Waals surface area contributed by atoms with Crippen molar-refractivity contribution in [3.8, 4) is 0 Å². The summed E-state index contributed by atoms with van der Waals surface area (Å²) in [4.78, 5) is 0. The SMILES string of the molecule is OC1(O)CCCCC1.OC1CCC(O)CC1. The highest BCUT2D eigenvalue weighted by Crippen LogP contribution is 2.24. The Labute approximate surface area is 96.9 Å². The Balaban J connectivity index is 0.000000160. The van der Waals surface area contributed by atoms with E-state index in [2.05, 4.69) is 0 Å². The average molecular weight is 232 g/mol. The first-order valence-electron chi connectivity index (χ1n) is 6.30. The molecule has 4 N–H and O–H groups in total. The van der Waals surface area contributed by atoms with Crippen LogP contribution < -0.4 is 0 Å². The second kappa shape index (κ2) is 6.55. The summed E-state index contributed by atoms with van der Waals surface area (Å²) in [6.45, 7) is 0. The fourth-order valence-electron chi connectivity index (χ4n) is 2.18. The van der Waals surface area contributed by atoms with Gasteiger partial charge in [-0.15, -0.1) is 0 Å². The number of aliphatic hydroxyl groups is 4. The molecular formula is C12H24O4. The summed E-state index contributed by atoms with van der Waals surface area (Å²) in [6.07, 6.45) is 7.05. The molecule has 0 heterocycles. The first kappa shape index (κ1) is 13.9. The summed E-state index contributed by atoms with van der Waals surface area (Å²) in [5.41, 5.74) is 0. The van der Waals surface area contributed by atoms with Crippen LogP contribution >= 0.6 is 0 Å². The van der Waals surface area contributed by atoms with E-state index in [1.165, 1.54) is 0 Å². The zero-order chi connectivity index (χ0) is 12.0. The Kier molecular flexibility index (Phi) is 5.69. The highest BCUT2D eigenvalue weighted by molar-refractivity contribution is 4.70. The molecule has 2 saturated carbocycles. The van der Waals surface area contributed by atoms with Crippen LogP contribution in [0.2, 0.25) is 0 Å². The molecule has 16 heavy (non-hydrogen) atoms. The monoisotopic (exact) mass is 232 g/mol. The van der Waals surface area contributed by atoms with Crippen molar-refractivity contribution in [1.29, 1.82) is 0 Å². The summed E-state index contributed by atoms with van der Waals surface area (Å²) in [7, 11) is 0. The normalized spacial score (nSPS) is 33.8. The van der Waals surface area contributed by atoms with E-state index >= 15 is 0 Å².